The van der Waals surface area contributed by atoms with Gasteiger partial charge in [0.1, 0.15) is 0 Å². The van der Waals surface area contributed by atoms with Crippen molar-refractivity contribution in [3.63, 3.8) is 0 Å². The van der Waals surface area contributed by atoms with Crippen molar-refractivity contribution < 1.29 is 19.0 Å². The van der Waals surface area contributed by atoms with Gasteiger partial charge in [-0.1, -0.05) is 0 Å². The molecule has 5 nitrogen and oxygen atoms in total. The first kappa shape index (κ1) is 16.4. The minimum Gasteiger partial charge on any atom is -0.469 e. The number of methoxy groups -OCH3 is 2. The van der Waals surface area contributed by atoms with E-state index >= 15 is 0 Å². The summed E-state index contributed by atoms with van der Waals surface area (Å²) < 4.78 is 14.8. The third-order valence-corrected chi connectivity index (χ3v) is 2.41. The molecule has 0 aromatic carbocycles. The molecule has 0 N–H and O–H groups in total. The van der Waals surface area contributed by atoms with Crippen LogP contribution in [0.25, 0.3) is 0 Å². The Bertz CT molecular complexity index is 187. The molecule has 0 aromatic rings. The highest BCUT2D eigenvalue weighted by Gasteiger charge is 2.02. The Labute approximate surface area is 104 Å². The van der Waals surface area contributed by atoms with Crippen molar-refractivity contribution in [2.45, 2.75) is 19.3 Å². The van der Waals surface area contributed by atoms with Crippen molar-refractivity contribution in [3.8, 4) is 0 Å². The Morgan fingerprint density at radius 3 is 2.41 bits per heavy atom. The van der Waals surface area contributed by atoms with Crippen LogP contribution in [0.3, 0.4) is 0 Å². The molecular formula is C12H25NO4. The van der Waals surface area contributed by atoms with Crippen molar-refractivity contribution in [2.75, 3.05) is 54.2 Å². The molecule has 0 saturated carbocycles. The zero-order valence-electron chi connectivity index (χ0n) is 11.2. The molecule has 0 aliphatic carbocycles. The highest BCUT2D eigenvalue weighted by molar-refractivity contribution is 5.69. The highest BCUT2D eigenvalue weighted by atomic mass is 16.5. The van der Waals surface area contributed by atoms with Gasteiger partial charge in [-0.3, -0.25) is 4.79 Å². The van der Waals surface area contributed by atoms with Crippen LogP contribution in [-0.4, -0.2) is 65.0 Å². The van der Waals surface area contributed by atoms with Crippen LogP contribution in [0.15, 0.2) is 0 Å². The fourth-order valence-corrected chi connectivity index (χ4v) is 1.39. The third-order valence-electron chi connectivity index (χ3n) is 2.41. The number of carbonyl (C=O) groups is 1. The first-order valence-corrected chi connectivity index (χ1v) is 6.02. The number of hydrogen-bond acceptors (Lipinski definition) is 5. The molecular weight excluding hydrogens is 222 g/mol. The van der Waals surface area contributed by atoms with Gasteiger partial charge in [0.2, 0.25) is 0 Å². The van der Waals surface area contributed by atoms with E-state index in [0.717, 1.165) is 32.5 Å². The van der Waals surface area contributed by atoms with Gasteiger partial charge >= 0.3 is 5.97 Å². The molecule has 0 spiro atoms. The van der Waals surface area contributed by atoms with E-state index in [1.165, 1.54) is 7.11 Å². The van der Waals surface area contributed by atoms with E-state index in [2.05, 4.69) is 9.64 Å². The zero-order chi connectivity index (χ0) is 12.9. The molecule has 0 bridgehead atoms. The second-order valence-electron chi connectivity index (χ2n) is 3.94. The van der Waals surface area contributed by atoms with E-state index in [1.807, 2.05) is 7.05 Å². The van der Waals surface area contributed by atoms with Gasteiger partial charge in [0.25, 0.3) is 0 Å². The predicted molar refractivity (Wildman–Crippen MR) is 66.1 cm³/mol. The molecule has 0 heterocycles. The lowest BCUT2D eigenvalue weighted by Crippen LogP contribution is -2.23. The van der Waals surface area contributed by atoms with E-state index in [-0.39, 0.29) is 5.97 Å². The summed E-state index contributed by atoms with van der Waals surface area (Å²) in [5.41, 5.74) is 0. The summed E-state index contributed by atoms with van der Waals surface area (Å²) in [5.74, 6) is -0.138. The van der Waals surface area contributed by atoms with Crippen molar-refractivity contribution in [2.24, 2.45) is 0 Å². The molecule has 0 unspecified atom stereocenters. The predicted octanol–water partition coefficient (Wildman–Crippen LogP) is 0.925. The Kier molecular flexibility index (Phi) is 11.4. The van der Waals surface area contributed by atoms with Crippen LogP contribution in [0.4, 0.5) is 0 Å². The first-order valence-electron chi connectivity index (χ1n) is 6.02. The van der Waals surface area contributed by atoms with Crippen molar-refractivity contribution in [1.82, 2.24) is 4.90 Å². The van der Waals surface area contributed by atoms with Crippen molar-refractivity contribution in [1.29, 1.82) is 0 Å². The summed E-state index contributed by atoms with van der Waals surface area (Å²) in [7, 11) is 5.13. The maximum Gasteiger partial charge on any atom is 0.305 e. The van der Waals surface area contributed by atoms with Crippen LogP contribution >= 0.6 is 0 Å². The molecule has 102 valence electrons. The maximum absolute atomic E-state index is 10.9. The van der Waals surface area contributed by atoms with E-state index in [1.54, 1.807) is 7.11 Å². The average Bonchev–Trinajstić information content (AvgIpc) is 2.33. The maximum atomic E-state index is 10.9. The summed E-state index contributed by atoms with van der Waals surface area (Å²) in [5, 5.41) is 0. The standard InChI is InChI=1S/C12H25NO4/c1-13(7-4-6-12(14)16-3)8-5-9-17-11-10-15-2/h4-11H2,1-3H3. The number of esters is 1. The van der Waals surface area contributed by atoms with Crippen LogP contribution in [0, 0.1) is 0 Å². The SMILES string of the molecule is COCCOCCCN(C)CCCC(=O)OC. The molecule has 0 atom stereocenters. The second-order valence-corrected chi connectivity index (χ2v) is 3.94. The van der Waals surface area contributed by atoms with Gasteiger partial charge in [-0.25, -0.2) is 0 Å². The zero-order valence-corrected chi connectivity index (χ0v) is 11.2. The summed E-state index contributed by atoms with van der Waals surface area (Å²) >= 11 is 0. The molecule has 0 fully saturated rings. The van der Waals surface area contributed by atoms with Crippen LogP contribution < -0.4 is 0 Å². The molecule has 17 heavy (non-hydrogen) atoms. The first-order chi connectivity index (χ1) is 8.20. The molecule has 0 saturated heterocycles. The lowest BCUT2D eigenvalue weighted by Gasteiger charge is -2.15. The smallest absolute Gasteiger partial charge is 0.305 e. The molecule has 0 radical (unpaired) electrons. The van der Waals surface area contributed by atoms with E-state index in [4.69, 9.17) is 9.47 Å². The Balaban J connectivity index is 3.23. The van der Waals surface area contributed by atoms with Gasteiger partial charge in [0, 0.05) is 26.7 Å². The highest BCUT2D eigenvalue weighted by Crippen LogP contribution is 1.96. The van der Waals surface area contributed by atoms with E-state index < -0.39 is 0 Å². The summed E-state index contributed by atoms with van der Waals surface area (Å²) in [6.07, 6.45) is 2.33. The molecule has 0 aliphatic heterocycles. The summed E-state index contributed by atoms with van der Waals surface area (Å²) in [6.45, 7) is 3.95. The van der Waals surface area contributed by atoms with E-state index in [9.17, 15) is 4.79 Å². The second kappa shape index (κ2) is 11.8. The number of rotatable bonds is 11. The fourth-order valence-electron chi connectivity index (χ4n) is 1.39. The lowest BCUT2D eigenvalue weighted by atomic mass is 10.3. The number of carbonyl (C=O) groups excluding carboxylic acids is 1. The normalized spacial score (nSPS) is 10.8. The van der Waals surface area contributed by atoms with E-state index in [0.29, 0.717) is 19.6 Å². The lowest BCUT2D eigenvalue weighted by molar-refractivity contribution is -0.140. The number of hydrogen-bond donors (Lipinski definition) is 0. The molecule has 0 aliphatic rings. The van der Waals surface area contributed by atoms with Crippen molar-refractivity contribution >= 4 is 5.97 Å². The molecule has 0 aromatic heterocycles. The van der Waals surface area contributed by atoms with Crippen molar-refractivity contribution in [3.05, 3.63) is 0 Å². The Morgan fingerprint density at radius 1 is 1.06 bits per heavy atom. The van der Waals surface area contributed by atoms with Gasteiger partial charge in [-0.2, -0.15) is 0 Å². The van der Waals surface area contributed by atoms with Gasteiger partial charge in [0.15, 0.2) is 0 Å². The minimum absolute atomic E-state index is 0.138. The quantitative estimate of drug-likeness (QED) is 0.401. The summed E-state index contributed by atoms with van der Waals surface area (Å²) in [4.78, 5) is 13.1. The molecule has 5 heteroatoms. The largest absolute Gasteiger partial charge is 0.469 e. The molecule has 0 amide bonds. The third kappa shape index (κ3) is 11.6. The Hall–Kier alpha value is -0.650. The van der Waals surface area contributed by atoms with Gasteiger partial charge in [-0.05, 0) is 26.4 Å². The summed E-state index contributed by atoms with van der Waals surface area (Å²) in [6, 6.07) is 0. The number of nitrogens with zero attached hydrogens (tertiary/aromatic N) is 1. The van der Waals surface area contributed by atoms with Crippen LogP contribution in [-0.2, 0) is 19.0 Å². The van der Waals surface area contributed by atoms with Gasteiger partial charge < -0.3 is 19.1 Å². The monoisotopic (exact) mass is 247 g/mol. The number of ether oxygens (including phenoxy) is 3. The molecule has 0 rings (SSSR count). The van der Waals surface area contributed by atoms with Crippen LogP contribution in [0.5, 0.6) is 0 Å². The fraction of sp³-hybridized carbons (Fsp3) is 0.917. The van der Waals surface area contributed by atoms with Crippen LogP contribution in [0.1, 0.15) is 19.3 Å². The average molecular weight is 247 g/mol. The van der Waals surface area contributed by atoms with Gasteiger partial charge in [0.05, 0.1) is 20.3 Å². The van der Waals surface area contributed by atoms with Gasteiger partial charge in [-0.15, -0.1) is 0 Å². The van der Waals surface area contributed by atoms with Crippen LogP contribution in [0.2, 0.25) is 0 Å². The topological polar surface area (TPSA) is 48.0 Å². The Morgan fingerprint density at radius 2 is 1.76 bits per heavy atom. The minimum atomic E-state index is -0.138.